The van der Waals surface area contributed by atoms with E-state index in [4.69, 9.17) is 0 Å². The molecule has 0 radical (unpaired) electrons. The van der Waals surface area contributed by atoms with Gasteiger partial charge in [-0.3, -0.25) is 0 Å². The number of likely N-dealkylation sites (tertiary alicyclic amines) is 1. The summed E-state index contributed by atoms with van der Waals surface area (Å²) >= 11 is 0. The fraction of sp³-hybridized carbons (Fsp3) is 0.500. The van der Waals surface area contributed by atoms with Gasteiger partial charge in [0.15, 0.2) is 0 Å². The average Bonchev–Trinajstić information content (AvgIpc) is 2.92. The van der Waals surface area contributed by atoms with Crippen LogP contribution in [0.4, 0.5) is 0 Å². The van der Waals surface area contributed by atoms with Gasteiger partial charge in [0.1, 0.15) is 12.2 Å². The number of hydrogen-bond donors (Lipinski definition) is 0. The Balaban J connectivity index is 1.57. The quantitative estimate of drug-likeness (QED) is 0.856. The van der Waals surface area contributed by atoms with Crippen LogP contribution in [0.25, 0.3) is 0 Å². The Morgan fingerprint density at radius 2 is 2.05 bits per heavy atom. The van der Waals surface area contributed by atoms with Gasteiger partial charge in [0, 0.05) is 19.6 Å². The summed E-state index contributed by atoms with van der Waals surface area (Å²) in [5.41, 5.74) is 1.48. The third kappa shape index (κ3) is 3.07. The molecule has 1 fully saturated rings. The van der Waals surface area contributed by atoms with Gasteiger partial charge in [-0.2, -0.15) is 0 Å². The van der Waals surface area contributed by atoms with E-state index in [0.29, 0.717) is 5.92 Å². The molecular weight excluding hydrogens is 248 g/mol. The van der Waals surface area contributed by atoms with Gasteiger partial charge in [0.25, 0.3) is 0 Å². The molecule has 1 aromatic heterocycles. The molecule has 0 saturated carbocycles. The van der Waals surface area contributed by atoms with E-state index in [1.54, 1.807) is 0 Å². The highest BCUT2D eigenvalue weighted by Gasteiger charge is 2.20. The molecule has 20 heavy (non-hydrogen) atoms. The summed E-state index contributed by atoms with van der Waals surface area (Å²) in [6, 6.07) is 10.9. The molecular formula is C16H22N4. The summed E-state index contributed by atoms with van der Waals surface area (Å²) in [6.07, 6.45) is 4.43. The van der Waals surface area contributed by atoms with Gasteiger partial charge in [0.05, 0.1) is 0 Å². The molecule has 1 aliphatic heterocycles. The summed E-state index contributed by atoms with van der Waals surface area (Å²) < 4.78 is 2.13. The number of rotatable bonds is 4. The standard InChI is InChI=1S/C16H22N4/c1-14-18-17-13-20(14)11-10-19-9-5-8-16(12-19)15-6-3-2-4-7-15/h2-4,6-7,13,16H,5,8-12H2,1H3/t16-/m0/s1. The number of nitrogens with zero attached hydrogens (tertiary/aromatic N) is 4. The lowest BCUT2D eigenvalue weighted by atomic mass is 9.91. The number of piperidine rings is 1. The van der Waals surface area contributed by atoms with E-state index in [1.807, 2.05) is 13.3 Å². The topological polar surface area (TPSA) is 34.0 Å². The van der Waals surface area contributed by atoms with Crippen molar-refractivity contribution >= 4 is 0 Å². The van der Waals surface area contributed by atoms with Gasteiger partial charge in [0.2, 0.25) is 0 Å². The minimum Gasteiger partial charge on any atom is -0.317 e. The number of hydrogen-bond acceptors (Lipinski definition) is 3. The summed E-state index contributed by atoms with van der Waals surface area (Å²) in [5.74, 6) is 1.69. The van der Waals surface area contributed by atoms with Crippen molar-refractivity contribution in [3.8, 4) is 0 Å². The zero-order valence-electron chi connectivity index (χ0n) is 12.1. The van der Waals surface area contributed by atoms with Crippen molar-refractivity contribution < 1.29 is 0 Å². The van der Waals surface area contributed by atoms with Crippen molar-refractivity contribution in [2.24, 2.45) is 0 Å². The largest absolute Gasteiger partial charge is 0.317 e. The monoisotopic (exact) mass is 270 g/mol. The van der Waals surface area contributed by atoms with Crippen LogP contribution in [0.5, 0.6) is 0 Å². The predicted octanol–water partition coefficient (Wildman–Crippen LogP) is 2.47. The molecule has 0 N–H and O–H groups in total. The van der Waals surface area contributed by atoms with Crippen LogP contribution in [0.1, 0.15) is 30.1 Å². The Bertz CT molecular complexity index is 534. The van der Waals surface area contributed by atoms with Crippen LogP contribution in [0.2, 0.25) is 0 Å². The van der Waals surface area contributed by atoms with Gasteiger partial charge < -0.3 is 9.47 Å². The Morgan fingerprint density at radius 1 is 1.20 bits per heavy atom. The smallest absolute Gasteiger partial charge is 0.129 e. The van der Waals surface area contributed by atoms with Crippen LogP contribution < -0.4 is 0 Å². The molecule has 3 rings (SSSR count). The Labute approximate surface area is 120 Å². The second-order valence-corrected chi connectivity index (χ2v) is 5.62. The highest BCUT2D eigenvalue weighted by molar-refractivity contribution is 5.20. The van der Waals surface area contributed by atoms with Crippen LogP contribution >= 0.6 is 0 Å². The molecule has 1 atom stereocenters. The van der Waals surface area contributed by atoms with Crippen LogP contribution in [0, 0.1) is 6.92 Å². The van der Waals surface area contributed by atoms with E-state index in [1.165, 1.54) is 31.5 Å². The first-order chi connectivity index (χ1) is 9.83. The highest BCUT2D eigenvalue weighted by Crippen LogP contribution is 2.26. The van der Waals surface area contributed by atoms with Crippen LogP contribution in [-0.2, 0) is 6.54 Å². The molecule has 1 saturated heterocycles. The summed E-state index contributed by atoms with van der Waals surface area (Å²) in [7, 11) is 0. The molecule has 0 amide bonds. The van der Waals surface area contributed by atoms with E-state index in [0.717, 1.165) is 18.9 Å². The number of benzene rings is 1. The zero-order valence-corrected chi connectivity index (χ0v) is 12.1. The van der Waals surface area contributed by atoms with Crippen molar-refractivity contribution in [1.82, 2.24) is 19.7 Å². The van der Waals surface area contributed by atoms with Crippen molar-refractivity contribution in [3.63, 3.8) is 0 Å². The molecule has 4 nitrogen and oxygen atoms in total. The van der Waals surface area contributed by atoms with Crippen molar-refractivity contribution in [2.75, 3.05) is 19.6 Å². The summed E-state index contributed by atoms with van der Waals surface area (Å²) in [5, 5.41) is 7.98. The second-order valence-electron chi connectivity index (χ2n) is 5.62. The van der Waals surface area contributed by atoms with Crippen molar-refractivity contribution in [3.05, 3.63) is 48.0 Å². The zero-order chi connectivity index (χ0) is 13.8. The molecule has 0 bridgehead atoms. The maximum atomic E-state index is 4.04. The SMILES string of the molecule is Cc1nncn1CCN1CCC[C@H](c2ccccc2)C1. The van der Waals surface area contributed by atoms with Crippen molar-refractivity contribution in [1.29, 1.82) is 0 Å². The third-order valence-corrected chi connectivity index (χ3v) is 4.24. The Kier molecular flexibility index (Phi) is 4.11. The third-order valence-electron chi connectivity index (χ3n) is 4.24. The molecule has 4 heteroatoms. The van der Waals surface area contributed by atoms with Crippen LogP contribution in [-0.4, -0.2) is 39.3 Å². The lowest BCUT2D eigenvalue weighted by molar-refractivity contribution is 0.200. The molecule has 1 aromatic carbocycles. The lowest BCUT2D eigenvalue weighted by Crippen LogP contribution is -2.36. The molecule has 2 heterocycles. The number of aromatic nitrogens is 3. The van der Waals surface area contributed by atoms with Gasteiger partial charge in [-0.25, -0.2) is 0 Å². The molecule has 106 valence electrons. The summed E-state index contributed by atoms with van der Waals surface area (Å²) in [6.45, 7) is 6.47. The molecule has 0 unspecified atom stereocenters. The van der Waals surface area contributed by atoms with Gasteiger partial charge in [-0.15, -0.1) is 10.2 Å². The van der Waals surface area contributed by atoms with Crippen molar-refractivity contribution in [2.45, 2.75) is 32.2 Å². The minimum absolute atomic E-state index is 0.687. The van der Waals surface area contributed by atoms with E-state index in [2.05, 4.69) is 50.0 Å². The van der Waals surface area contributed by atoms with Gasteiger partial charge in [-0.1, -0.05) is 30.3 Å². The maximum absolute atomic E-state index is 4.04. The molecule has 0 aliphatic carbocycles. The highest BCUT2D eigenvalue weighted by atomic mass is 15.3. The van der Waals surface area contributed by atoms with Crippen LogP contribution in [0.3, 0.4) is 0 Å². The second kappa shape index (κ2) is 6.18. The first-order valence-electron chi connectivity index (χ1n) is 7.44. The van der Waals surface area contributed by atoms with Gasteiger partial charge >= 0.3 is 0 Å². The van der Waals surface area contributed by atoms with Crippen LogP contribution in [0.15, 0.2) is 36.7 Å². The molecule has 2 aromatic rings. The normalized spacial score (nSPS) is 20.1. The Morgan fingerprint density at radius 3 is 2.80 bits per heavy atom. The fourth-order valence-corrected chi connectivity index (χ4v) is 3.04. The minimum atomic E-state index is 0.687. The molecule has 0 spiro atoms. The first kappa shape index (κ1) is 13.3. The van der Waals surface area contributed by atoms with E-state index in [-0.39, 0.29) is 0 Å². The van der Waals surface area contributed by atoms with E-state index < -0.39 is 0 Å². The van der Waals surface area contributed by atoms with E-state index in [9.17, 15) is 0 Å². The van der Waals surface area contributed by atoms with Gasteiger partial charge in [-0.05, 0) is 37.8 Å². The first-order valence-corrected chi connectivity index (χ1v) is 7.44. The average molecular weight is 270 g/mol. The lowest BCUT2D eigenvalue weighted by Gasteiger charge is -2.33. The maximum Gasteiger partial charge on any atom is 0.129 e. The fourth-order valence-electron chi connectivity index (χ4n) is 3.04. The molecule has 1 aliphatic rings. The Hall–Kier alpha value is -1.68. The van der Waals surface area contributed by atoms with E-state index >= 15 is 0 Å². The number of aryl methyl sites for hydroxylation is 1. The predicted molar refractivity (Wildman–Crippen MR) is 79.6 cm³/mol. The summed E-state index contributed by atoms with van der Waals surface area (Å²) in [4.78, 5) is 2.57.